The molecular formula is C21H28O6. The number of carbonyl (C=O) groups is 1. The van der Waals surface area contributed by atoms with E-state index in [0.717, 1.165) is 5.56 Å². The maximum atomic E-state index is 11.7. The van der Waals surface area contributed by atoms with Crippen LogP contribution in [0.3, 0.4) is 0 Å². The van der Waals surface area contributed by atoms with Crippen molar-refractivity contribution in [3.63, 3.8) is 0 Å². The van der Waals surface area contributed by atoms with Crippen LogP contribution >= 0.6 is 0 Å². The second-order valence-corrected chi connectivity index (χ2v) is 6.95. The highest BCUT2D eigenvalue weighted by molar-refractivity contribution is 5.87. The quantitative estimate of drug-likeness (QED) is 0.629. The van der Waals surface area contributed by atoms with E-state index in [1.54, 1.807) is 19.9 Å². The molecule has 2 saturated heterocycles. The second-order valence-electron chi connectivity index (χ2n) is 6.95. The Balaban J connectivity index is 1.61. The van der Waals surface area contributed by atoms with Crippen molar-refractivity contribution < 1.29 is 28.8 Å². The van der Waals surface area contributed by atoms with Gasteiger partial charge in [-0.1, -0.05) is 36.4 Å². The summed E-state index contributed by atoms with van der Waals surface area (Å²) in [6, 6.07) is 9.81. The van der Waals surface area contributed by atoms with Crippen LogP contribution in [-0.4, -0.2) is 48.7 Å². The molecule has 0 amide bonds. The zero-order valence-corrected chi connectivity index (χ0v) is 15.9. The molecule has 27 heavy (non-hydrogen) atoms. The molecule has 0 bridgehead atoms. The van der Waals surface area contributed by atoms with Crippen LogP contribution in [0, 0.1) is 0 Å². The summed E-state index contributed by atoms with van der Waals surface area (Å²) in [6.07, 6.45) is 1.72. The van der Waals surface area contributed by atoms with Crippen LogP contribution in [0.25, 0.3) is 0 Å². The molecule has 148 valence electrons. The Bertz CT molecular complexity index is 643. The first kappa shape index (κ1) is 20.0. The molecule has 2 aliphatic heterocycles. The van der Waals surface area contributed by atoms with E-state index in [-0.39, 0.29) is 18.2 Å². The Morgan fingerprint density at radius 1 is 1.22 bits per heavy atom. The predicted molar refractivity (Wildman–Crippen MR) is 98.9 cm³/mol. The Morgan fingerprint density at radius 3 is 2.74 bits per heavy atom. The molecular weight excluding hydrogens is 348 g/mol. The fraction of sp³-hybridized carbons (Fsp3) is 0.571. The van der Waals surface area contributed by atoms with Gasteiger partial charge in [-0.2, -0.15) is 0 Å². The monoisotopic (exact) mass is 376 g/mol. The Labute approximate surface area is 160 Å². The summed E-state index contributed by atoms with van der Waals surface area (Å²) in [5, 5.41) is 10.5. The first-order chi connectivity index (χ1) is 13.1. The smallest absolute Gasteiger partial charge is 0.333 e. The minimum absolute atomic E-state index is 0.126. The van der Waals surface area contributed by atoms with Crippen molar-refractivity contribution in [3.05, 3.63) is 47.5 Å². The molecule has 0 aromatic heterocycles. The molecule has 0 radical (unpaired) electrons. The lowest BCUT2D eigenvalue weighted by Crippen LogP contribution is -2.43. The van der Waals surface area contributed by atoms with Crippen molar-refractivity contribution in [2.75, 3.05) is 13.2 Å². The van der Waals surface area contributed by atoms with E-state index in [0.29, 0.717) is 38.0 Å². The number of hydrogen-bond donors (Lipinski definition) is 1. The summed E-state index contributed by atoms with van der Waals surface area (Å²) in [4.78, 5) is 11.7. The van der Waals surface area contributed by atoms with Crippen molar-refractivity contribution in [3.8, 4) is 0 Å². The minimum Gasteiger partial charge on any atom is -0.463 e. The number of benzene rings is 1. The van der Waals surface area contributed by atoms with Crippen molar-refractivity contribution >= 4 is 5.97 Å². The third kappa shape index (κ3) is 5.17. The van der Waals surface area contributed by atoms with Gasteiger partial charge >= 0.3 is 5.97 Å². The lowest BCUT2D eigenvalue weighted by atomic mass is 10.0. The van der Waals surface area contributed by atoms with Gasteiger partial charge in [0.05, 0.1) is 31.5 Å². The SMILES string of the molecule is CCOC(=O)/C(C)=C/C[C@@H]1O[C@@H]2CO[C@@H](c3ccccc3)O[C@H]2CC[C@H]1O. The molecule has 1 aromatic rings. The summed E-state index contributed by atoms with van der Waals surface area (Å²) in [5.74, 6) is -0.339. The zero-order chi connectivity index (χ0) is 19.2. The largest absolute Gasteiger partial charge is 0.463 e. The first-order valence-corrected chi connectivity index (χ1v) is 9.58. The number of hydrogen-bond acceptors (Lipinski definition) is 6. The van der Waals surface area contributed by atoms with Gasteiger partial charge < -0.3 is 24.1 Å². The molecule has 6 nitrogen and oxygen atoms in total. The van der Waals surface area contributed by atoms with Gasteiger partial charge in [0.2, 0.25) is 0 Å². The second kappa shape index (κ2) is 9.46. The van der Waals surface area contributed by atoms with Gasteiger partial charge in [0.15, 0.2) is 6.29 Å². The Morgan fingerprint density at radius 2 is 2.00 bits per heavy atom. The zero-order valence-electron chi connectivity index (χ0n) is 15.9. The highest BCUT2D eigenvalue weighted by Crippen LogP contribution is 2.33. The molecule has 3 rings (SSSR count). The van der Waals surface area contributed by atoms with Crippen LogP contribution in [0.15, 0.2) is 42.0 Å². The fourth-order valence-corrected chi connectivity index (χ4v) is 3.41. The molecule has 2 heterocycles. The Hall–Kier alpha value is -1.73. The van der Waals surface area contributed by atoms with Gasteiger partial charge in [-0.15, -0.1) is 0 Å². The number of ether oxygens (including phenoxy) is 4. The maximum absolute atomic E-state index is 11.7. The topological polar surface area (TPSA) is 74.2 Å². The van der Waals surface area contributed by atoms with Gasteiger partial charge in [0.25, 0.3) is 0 Å². The van der Waals surface area contributed by atoms with E-state index in [9.17, 15) is 9.90 Å². The summed E-state index contributed by atoms with van der Waals surface area (Å²) < 4.78 is 23.0. The number of carbonyl (C=O) groups excluding carboxylic acids is 1. The average Bonchev–Trinajstić information content (AvgIpc) is 2.85. The molecule has 5 atom stereocenters. The van der Waals surface area contributed by atoms with Crippen molar-refractivity contribution in [1.29, 1.82) is 0 Å². The summed E-state index contributed by atoms with van der Waals surface area (Å²) in [6.45, 7) is 4.23. The Kier molecular flexibility index (Phi) is 7.01. The first-order valence-electron chi connectivity index (χ1n) is 9.58. The molecule has 1 aromatic carbocycles. The molecule has 2 aliphatic rings. The number of aliphatic hydroxyl groups is 1. The molecule has 0 spiro atoms. The third-order valence-electron chi connectivity index (χ3n) is 4.98. The van der Waals surface area contributed by atoms with Crippen LogP contribution in [-0.2, 0) is 23.7 Å². The summed E-state index contributed by atoms with van der Waals surface area (Å²) in [7, 11) is 0. The highest BCUT2D eigenvalue weighted by atomic mass is 16.7. The van der Waals surface area contributed by atoms with E-state index in [1.165, 1.54) is 0 Å². The van der Waals surface area contributed by atoms with Gasteiger partial charge in [-0.3, -0.25) is 0 Å². The minimum atomic E-state index is -0.611. The molecule has 6 heteroatoms. The predicted octanol–water partition coefficient (Wildman–Crippen LogP) is 2.91. The van der Waals surface area contributed by atoms with Gasteiger partial charge in [0.1, 0.15) is 6.10 Å². The fourth-order valence-electron chi connectivity index (χ4n) is 3.41. The van der Waals surface area contributed by atoms with E-state index < -0.39 is 18.5 Å². The van der Waals surface area contributed by atoms with Crippen LogP contribution in [0.1, 0.15) is 45.0 Å². The summed E-state index contributed by atoms with van der Waals surface area (Å²) in [5.41, 5.74) is 1.50. The third-order valence-corrected chi connectivity index (χ3v) is 4.98. The van der Waals surface area contributed by atoms with Gasteiger partial charge in [-0.05, 0) is 33.1 Å². The molecule has 0 saturated carbocycles. The molecule has 0 aliphatic carbocycles. The highest BCUT2D eigenvalue weighted by Gasteiger charge is 2.39. The molecule has 1 N–H and O–H groups in total. The lowest BCUT2D eigenvalue weighted by molar-refractivity contribution is -0.270. The van der Waals surface area contributed by atoms with Crippen LogP contribution in [0.4, 0.5) is 0 Å². The van der Waals surface area contributed by atoms with Crippen molar-refractivity contribution in [2.24, 2.45) is 0 Å². The van der Waals surface area contributed by atoms with Crippen LogP contribution < -0.4 is 0 Å². The summed E-state index contributed by atoms with van der Waals surface area (Å²) >= 11 is 0. The number of fused-ring (bicyclic) bond motifs is 1. The normalized spacial score (nSPS) is 31.7. The van der Waals surface area contributed by atoms with Crippen LogP contribution in [0.2, 0.25) is 0 Å². The van der Waals surface area contributed by atoms with E-state index in [2.05, 4.69) is 0 Å². The molecule has 2 fully saturated rings. The van der Waals surface area contributed by atoms with E-state index >= 15 is 0 Å². The van der Waals surface area contributed by atoms with E-state index in [1.807, 2.05) is 30.3 Å². The van der Waals surface area contributed by atoms with Gasteiger partial charge in [0, 0.05) is 11.1 Å². The number of esters is 1. The molecule has 0 unspecified atom stereocenters. The maximum Gasteiger partial charge on any atom is 0.333 e. The lowest BCUT2D eigenvalue weighted by Gasteiger charge is -2.36. The average molecular weight is 376 g/mol. The van der Waals surface area contributed by atoms with Crippen LogP contribution in [0.5, 0.6) is 0 Å². The van der Waals surface area contributed by atoms with Crippen molar-refractivity contribution in [2.45, 2.75) is 63.8 Å². The standard InChI is InChI=1S/C21H28O6/c1-3-24-20(23)14(2)9-11-17-16(22)10-12-18-19(26-17)13-25-21(27-18)15-7-5-4-6-8-15/h4-9,16-19,21-22H,3,10-13H2,1-2H3/b14-9+/t16-,17+,18+,19-,21-/m1/s1. The van der Waals surface area contributed by atoms with E-state index in [4.69, 9.17) is 18.9 Å². The van der Waals surface area contributed by atoms with Crippen molar-refractivity contribution in [1.82, 2.24) is 0 Å². The van der Waals surface area contributed by atoms with Gasteiger partial charge in [-0.25, -0.2) is 4.79 Å². The number of aliphatic hydroxyl groups excluding tert-OH is 1. The number of rotatable bonds is 5.